The predicted octanol–water partition coefficient (Wildman–Crippen LogP) is 14.6. The monoisotopic (exact) mass is 749 g/mol. The number of hydrogen-bond donors (Lipinski definition) is 0. The molecular weight excluding hydrogens is 719 g/mol. The molecule has 3 aromatic heterocycles. The molecule has 0 spiro atoms. The van der Waals surface area contributed by atoms with E-state index in [4.69, 9.17) is 15.0 Å². The van der Waals surface area contributed by atoms with Gasteiger partial charge in [0.2, 0.25) is 0 Å². The van der Waals surface area contributed by atoms with Gasteiger partial charge in [-0.15, -0.1) is 22.7 Å². The average molecular weight is 750 g/mol. The van der Waals surface area contributed by atoms with Crippen LogP contribution in [-0.4, -0.2) is 15.0 Å². The third-order valence-electron chi connectivity index (χ3n) is 10.5. The van der Waals surface area contributed by atoms with Crippen molar-refractivity contribution in [2.24, 2.45) is 0 Å². The van der Waals surface area contributed by atoms with E-state index >= 15 is 0 Å². The molecule has 0 bridgehead atoms. The largest absolute Gasteiger partial charge is 0.208 e. The Bertz CT molecular complexity index is 3110. The maximum atomic E-state index is 5.22. The number of thiophene rings is 2. The number of aromatic nitrogens is 3. The first kappa shape index (κ1) is 32.6. The zero-order chi connectivity index (χ0) is 37.0. The second-order valence-corrected chi connectivity index (χ2v) is 16.2. The van der Waals surface area contributed by atoms with Crippen molar-refractivity contribution in [1.29, 1.82) is 0 Å². The van der Waals surface area contributed by atoms with Crippen LogP contribution in [0.15, 0.2) is 188 Å². The van der Waals surface area contributed by atoms with Gasteiger partial charge in [-0.3, -0.25) is 0 Å². The lowest BCUT2D eigenvalue weighted by molar-refractivity contribution is 1.07. The van der Waals surface area contributed by atoms with Crippen molar-refractivity contribution in [2.75, 3.05) is 0 Å². The molecule has 0 saturated carbocycles. The third kappa shape index (κ3) is 5.86. The summed E-state index contributed by atoms with van der Waals surface area (Å²) in [4.78, 5) is 15.5. The van der Waals surface area contributed by atoms with Crippen molar-refractivity contribution in [1.82, 2.24) is 15.0 Å². The SMILES string of the molecule is c1ccc(-c2ccc(-c3nc(-c4ccccc4)nc(-c4cc(-c5ccc6sc7ccccc7c6c5)cc(-c5ccc6sc7ccccc7c6c5)c4)n3)cc2)cc1. The molecule has 0 fully saturated rings. The highest BCUT2D eigenvalue weighted by Gasteiger charge is 2.17. The average Bonchev–Trinajstić information content (AvgIpc) is 3.84. The Morgan fingerprint density at radius 2 is 0.589 bits per heavy atom. The molecule has 11 aromatic rings. The normalized spacial score (nSPS) is 11.6. The van der Waals surface area contributed by atoms with Gasteiger partial charge in [0.15, 0.2) is 17.5 Å². The van der Waals surface area contributed by atoms with E-state index in [-0.39, 0.29) is 0 Å². The lowest BCUT2D eigenvalue weighted by Crippen LogP contribution is -2.00. The van der Waals surface area contributed by atoms with Crippen LogP contribution in [0.1, 0.15) is 0 Å². The molecule has 3 heterocycles. The van der Waals surface area contributed by atoms with E-state index in [0.717, 1.165) is 44.5 Å². The van der Waals surface area contributed by atoms with Crippen LogP contribution in [-0.2, 0) is 0 Å². The maximum Gasteiger partial charge on any atom is 0.164 e. The van der Waals surface area contributed by atoms with Gasteiger partial charge in [0.1, 0.15) is 0 Å². The van der Waals surface area contributed by atoms with Crippen molar-refractivity contribution in [3.63, 3.8) is 0 Å². The molecule has 262 valence electrons. The Balaban J connectivity index is 1.11. The summed E-state index contributed by atoms with van der Waals surface area (Å²) in [5.41, 5.74) is 9.67. The van der Waals surface area contributed by atoms with Crippen LogP contribution in [0.4, 0.5) is 0 Å². The Labute approximate surface area is 331 Å². The summed E-state index contributed by atoms with van der Waals surface area (Å²) in [6.07, 6.45) is 0. The van der Waals surface area contributed by atoms with Gasteiger partial charge in [0.05, 0.1) is 0 Å². The summed E-state index contributed by atoms with van der Waals surface area (Å²) in [5, 5.41) is 5.12. The highest BCUT2D eigenvalue weighted by Crippen LogP contribution is 2.41. The Morgan fingerprint density at radius 1 is 0.232 bits per heavy atom. The standard InChI is InChI=1S/C51H31N3S2/c1-3-11-32(12-4-1)33-19-21-35(22-20-33)50-52-49(34-13-5-2-6-14-34)53-51(54-50)40-28-38(36-23-25-47-43(30-36)41-15-7-9-17-45(41)55-47)27-39(29-40)37-24-26-48-44(31-37)42-16-8-10-18-46(42)56-48/h1-31H. The fraction of sp³-hybridized carbons (Fsp3) is 0. The van der Waals surface area contributed by atoms with Crippen LogP contribution >= 0.6 is 22.7 Å². The second-order valence-electron chi connectivity index (χ2n) is 14.0. The number of nitrogens with zero attached hydrogens (tertiary/aromatic N) is 3. The molecule has 0 aliphatic carbocycles. The molecule has 0 radical (unpaired) electrons. The molecule has 8 aromatic carbocycles. The summed E-state index contributed by atoms with van der Waals surface area (Å²) in [6.45, 7) is 0. The van der Waals surface area contributed by atoms with Crippen molar-refractivity contribution < 1.29 is 0 Å². The molecule has 0 saturated heterocycles. The molecule has 3 nitrogen and oxygen atoms in total. The second kappa shape index (κ2) is 13.5. The Hall–Kier alpha value is -6.79. The number of fused-ring (bicyclic) bond motifs is 6. The maximum absolute atomic E-state index is 5.22. The van der Waals surface area contributed by atoms with Gasteiger partial charge in [-0.1, -0.05) is 133 Å². The minimum atomic E-state index is 0.633. The third-order valence-corrected chi connectivity index (χ3v) is 12.8. The fourth-order valence-electron chi connectivity index (χ4n) is 7.69. The summed E-state index contributed by atoms with van der Waals surface area (Å²) in [7, 11) is 0. The number of hydrogen-bond acceptors (Lipinski definition) is 5. The zero-order valence-electron chi connectivity index (χ0n) is 30.1. The topological polar surface area (TPSA) is 38.7 Å². The number of benzene rings is 8. The van der Waals surface area contributed by atoms with E-state index in [1.807, 2.05) is 46.9 Å². The molecule has 56 heavy (non-hydrogen) atoms. The van der Waals surface area contributed by atoms with Crippen LogP contribution < -0.4 is 0 Å². The van der Waals surface area contributed by atoms with Gasteiger partial charge in [-0.2, -0.15) is 0 Å². The van der Waals surface area contributed by atoms with Crippen LogP contribution in [0.2, 0.25) is 0 Å². The van der Waals surface area contributed by atoms with E-state index in [0.29, 0.717) is 17.5 Å². The smallest absolute Gasteiger partial charge is 0.164 e. The van der Waals surface area contributed by atoms with Crippen LogP contribution in [0.25, 0.3) is 108 Å². The summed E-state index contributed by atoms with van der Waals surface area (Å²) in [5.74, 6) is 1.91. The Morgan fingerprint density at radius 3 is 1.12 bits per heavy atom. The lowest BCUT2D eigenvalue weighted by Gasteiger charge is -2.13. The number of rotatable bonds is 6. The molecular formula is C51H31N3S2. The van der Waals surface area contributed by atoms with Crippen LogP contribution in [0, 0.1) is 0 Å². The van der Waals surface area contributed by atoms with Crippen molar-refractivity contribution in [2.45, 2.75) is 0 Å². The van der Waals surface area contributed by atoms with Gasteiger partial charge in [-0.05, 0) is 88.0 Å². The first-order valence-corrected chi connectivity index (χ1v) is 20.3. The van der Waals surface area contributed by atoms with Crippen molar-refractivity contribution in [3.05, 3.63) is 188 Å². The highest BCUT2D eigenvalue weighted by atomic mass is 32.1. The quantitative estimate of drug-likeness (QED) is 0.170. The van der Waals surface area contributed by atoms with Gasteiger partial charge >= 0.3 is 0 Å². The van der Waals surface area contributed by atoms with Crippen molar-refractivity contribution in [3.8, 4) is 67.5 Å². The van der Waals surface area contributed by atoms with Gasteiger partial charge < -0.3 is 0 Å². The molecule has 0 aliphatic rings. The first-order valence-electron chi connectivity index (χ1n) is 18.7. The van der Waals surface area contributed by atoms with Crippen molar-refractivity contribution >= 4 is 63.0 Å². The summed E-state index contributed by atoms with van der Waals surface area (Å²) >= 11 is 3.68. The Kier molecular flexibility index (Phi) is 7.87. The first-order chi connectivity index (χ1) is 27.7. The minimum Gasteiger partial charge on any atom is -0.208 e. The van der Waals surface area contributed by atoms with E-state index < -0.39 is 0 Å². The van der Waals surface area contributed by atoms with Crippen LogP contribution in [0.3, 0.4) is 0 Å². The molecule has 5 heteroatoms. The van der Waals surface area contributed by atoms with E-state index in [1.54, 1.807) is 0 Å². The highest BCUT2D eigenvalue weighted by molar-refractivity contribution is 7.26. The lowest BCUT2D eigenvalue weighted by atomic mass is 9.94. The van der Waals surface area contributed by atoms with E-state index in [2.05, 4.69) is 164 Å². The molecule has 0 amide bonds. The molecule has 0 atom stereocenters. The molecule has 11 rings (SSSR count). The molecule has 0 aliphatic heterocycles. The zero-order valence-corrected chi connectivity index (χ0v) is 31.7. The summed E-state index contributed by atoms with van der Waals surface area (Å²) in [6, 6.07) is 67.0. The molecule has 0 unspecified atom stereocenters. The van der Waals surface area contributed by atoms with E-state index in [1.165, 1.54) is 45.9 Å². The van der Waals surface area contributed by atoms with E-state index in [9.17, 15) is 0 Å². The van der Waals surface area contributed by atoms with Gasteiger partial charge in [0.25, 0.3) is 0 Å². The summed E-state index contributed by atoms with van der Waals surface area (Å²) < 4.78 is 5.17. The molecule has 0 N–H and O–H groups in total. The van der Waals surface area contributed by atoms with Gasteiger partial charge in [0, 0.05) is 57.0 Å². The predicted molar refractivity (Wildman–Crippen MR) is 238 cm³/mol. The van der Waals surface area contributed by atoms with Gasteiger partial charge in [-0.25, -0.2) is 15.0 Å². The minimum absolute atomic E-state index is 0.633. The fourth-order valence-corrected chi connectivity index (χ4v) is 9.87. The van der Waals surface area contributed by atoms with Crippen LogP contribution in [0.5, 0.6) is 0 Å².